The monoisotopic (exact) mass is 858 g/mol. The van der Waals surface area contributed by atoms with Crippen LogP contribution in [0.5, 0.6) is 11.5 Å². The summed E-state index contributed by atoms with van der Waals surface area (Å²) in [5.41, 5.74) is 9.90. The van der Waals surface area contributed by atoms with Gasteiger partial charge in [0.1, 0.15) is 27.8 Å². The molecule has 0 unspecified atom stereocenters. The van der Waals surface area contributed by atoms with E-state index in [9.17, 15) is 52.5 Å². The first kappa shape index (κ1) is 44.7. The number of hydrogen-bond donors (Lipinski definition) is 5. The van der Waals surface area contributed by atoms with Crippen LogP contribution < -0.4 is 60.7 Å². The number of nitrogens with one attached hydrogen (secondary N) is 2. The third-order valence-corrected chi connectivity index (χ3v) is 9.55. The van der Waals surface area contributed by atoms with E-state index >= 15 is 0 Å². The number of ketones is 2. The van der Waals surface area contributed by atoms with Crippen LogP contribution in [0, 0.1) is 10.1 Å². The molecule has 2 aliphatic rings. The number of methoxy groups -OCH3 is 2. The fourth-order valence-electron chi connectivity index (χ4n) is 5.74. The molecule has 4 aromatic carbocycles. The number of benzene rings is 4. The Balaban J connectivity index is 0.00000704. The Morgan fingerprint density at radius 2 is 1.48 bits per heavy atom. The van der Waals surface area contributed by atoms with Crippen molar-refractivity contribution >= 4 is 85.2 Å². The van der Waals surface area contributed by atoms with Crippen molar-refractivity contribution in [2.45, 2.75) is 0 Å². The minimum Gasteiger partial charge on any atom is -0.545 e. The molecule has 304 valence electrons. The molecule has 21 nitrogen and oxygen atoms in total. The van der Waals surface area contributed by atoms with Crippen LogP contribution in [-0.4, -0.2) is 72.1 Å². The molecule has 0 bridgehead atoms. The first-order chi connectivity index (χ1) is 28.5. The van der Waals surface area contributed by atoms with E-state index in [1.54, 1.807) is 30.3 Å². The maximum Gasteiger partial charge on any atom is 1.00 e. The van der Waals surface area contributed by atoms with Crippen LogP contribution in [0.4, 0.5) is 34.1 Å². The van der Waals surface area contributed by atoms with Gasteiger partial charge in [0.15, 0.2) is 11.5 Å². The SMILES string of the molecule is COc1cc(-c2ccc(NN=C3C(=O)c4ccc(N)c(N=Nc5ccc([N+](=O)[O-])cc5C(=O)O)c4C=C3S(=O)(=O)O)c(OC)c2)ccc1NN=C1C=CC(=O)C(C(=O)[O-])=C1.[Na+]. The summed E-state index contributed by atoms with van der Waals surface area (Å²) < 4.78 is 46.5. The van der Waals surface area contributed by atoms with Gasteiger partial charge in [-0.05, 0) is 77.9 Å². The largest absolute Gasteiger partial charge is 1.00 e. The number of nitro groups is 1. The molecule has 0 atom stereocenters. The van der Waals surface area contributed by atoms with E-state index in [0.29, 0.717) is 22.6 Å². The van der Waals surface area contributed by atoms with Crippen molar-refractivity contribution < 1.29 is 86.3 Å². The third kappa shape index (κ3) is 9.59. The number of carbonyl (C=O) groups is 4. The number of non-ortho nitro benzene ring substituents is 1. The van der Waals surface area contributed by atoms with Crippen molar-refractivity contribution in [2.24, 2.45) is 20.4 Å². The van der Waals surface area contributed by atoms with Crippen molar-refractivity contribution in [2.75, 3.05) is 30.8 Å². The summed E-state index contributed by atoms with van der Waals surface area (Å²) in [6, 6.07) is 15.0. The van der Waals surface area contributed by atoms with Gasteiger partial charge in [-0.15, -0.1) is 10.2 Å². The third-order valence-electron chi connectivity index (χ3n) is 8.69. The first-order valence-corrected chi connectivity index (χ1v) is 18.2. The van der Waals surface area contributed by atoms with E-state index in [4.69, 9.17) is 15.2 Å². The Morgan fingerprint density at radius 1 is 0.852 bits per heavy atom. The van der Waals surface area contributed by atoms with E-state index in [0.717, 1.165) is 36.4 Å². The van der Waals surface area contributed by atoms with Crippen molar-refractivity contribution in [3.8, 4) is 22.6 Å². The maximum atomic E-state index is 13.8. The molecule has 23 heteroatoms. The number of Topliss-reactive ketones (excluding diaryl/α,β-unsaturated/α-hetero) is 1. The average molecular weight is 859 g/mol. The summed E-state index contributed by atoms with van der Waals surface area (Å²) >= 11 is 0. The second-order valence-electron chi connectivity index (χ2n) is 12.3. The number of fused-ring (bicyclic) bond motifs is 1. The number of allylic oxidation sites excluding steroid dienone is 4. The number of hydrogen-bond acceptors (Lipinski definition) is 18. The number of anilines is 3. The number of carbonyl (C=O) groups excluding carboxylic acids is 3. The number of nitrogens with zero attached hydrogens (tertiary/aromatic N) is 5. The van der Waals surface area contributed by atoms with Crippen molar-refractivity contribution in [1.29, 1.82) is 0 Å². The summed E-state index contributed by atoms with van der Waals surface area (Å²) in [6.07, 6.45) is 4.33. The van der Waals surface area contributed by atoms with Crippen molar-refractivity contribution in [3.05, 3.63) is 122 Å². The van der Waals surface area contributed by atoms with Crippen LogP contribution in [0.15, 0.2) is 116 Å². The van der Waals surface area contributed by atoms with E-state index < -0.39 is 66.0 Å². The summed E-state index contributed by atoms with van der Waals surface area (Å²) in [4.78, 5) is 58.0. The zero-order valence-corrected chi connectivity index (χ0v) is 34.6. The number of nitro benzene ring substituents is 1. The molecule has 6 N–H and O–H groups in total. The Labute approximate surface area is 365 Å². The van der Waals surface area contributed by atoms with Crippen LogP contribution >= 0.6 is 0 Å². The molecule has 2 aliphatic carbocycles. The van der Waals surface area contributed by atoms with Crippen molar-refractivity contribution in [1.82, 2.24) is 0 Å². The number of carboxylic acid groups (broad SMARTS) is 2. The van der Waals surface area contributed by atoms with Gasteiger partial charge in [-0.3, -0.25) is 35.1 Å². The minimum absolute atomic E-state index is 0. The Kier molecular flexibility index (Phi) is 13.4. The van der Waals surface area contributed by atoms with Gasteiger partial charge in [0, 0.05) is 28.8 Å². The van der Waals surface area contributed by atoms with Gasteiger partial charge in [0.2, 0.25) is 5.78 Å². The number of aromatic carboxylic acids is 1. The van der Waals surface area contributed by atoms with Gasteiger partial charge in [-0.1, -0.05) is 12.1 Å². The second kappa shape index (κ2) is 18.3. The zero-order chi connectivity index (χ0) is 43.5. The van der Waals surface area contributed by atoms with Crippen molar-refractivity contribution in [3.63, 3.8) is 0 Å². The molecule has 0 fully saturated rings. The van der Waals surface area contributed by atoms with Gasteiger partial charge in [-0.25, -0.2) is 4.79 Å². The smallest absolute Gasteiger partial charge is 0.545 e. The number of rotatable bonds is 13. The number of azo groups is 1. The molecule has 0 radical (unpaired) electrons. The number of aliphatic carboxylic acids is 1. The molecular weight excluding hydrogens is 832 g/mol. The molecule has 0 heterocycles. The van der Waals surface area contributed by atoms with Gasteiger partial charge < -0.3 is 30.2 Å². The number of nitrogen functional groups attached to an aromatic ring is 1. The van der Waals surface area contributed by atoms with Gasteiger partial charge >= 0.3 is 35.5 Å². The summed E-state index contributed by atoms with van der Waals surface area (Å²) in [6.45, 7) is 0. The second-order valence-corrected chi connectivity index (χ2v) is 13.7. The quantitative estimate of drug-likeness (QED) is 0.0186. The van der Waals surface area contributed by atoms with E-state index in [1.165, 1.54) is 38.5 Å². The fraction of sp³-hybridized carbons (Fsp3) is 0.0526. The Hall–Kier alpha value is -7.37. The fourth-order valence-corrected chi connectivity index (χ4v) is 6.39. The van der Waals surface area contributed by atoms with Gasteiger partial charge in [0.25, 0.3) is 15.8 Å². The Morgan fingerprint density at radius 3 is 2.03 bits per heavy atom. The molecule has 0 amide bonds. The minimum atomic E-state index is -5.16. The van der Waals surface area contributed by atoms with Crippen LogP contribution in [0.1, 0.15) is 26.3 Å². The van der Waals surface area contributed by atoms with Crippen LogP contribution in [-0.2, 0) is 19.7 Å². The standard InChI is InChI=1S/C38H28N8O13S.Na/c1-58-31-13-18(3-9-28(31)42-40-20-5-12-30(47)25(15-20)38(51)52)19-4-10-29(32(14-19)59-2)43-45-35-33(60(55,56)57)17-23-22(36(35)48)7-8-26(39)34(23)44-41-27-11-6-21(46(53)54)16-24(27)37(49)50;/h3-17,42-43H,39H2,1-2H3,(H,49,50)(H,51,52)(H,55,56,57);/q;+1/p-1. The predicted molar refractivity (Wildman–Crippen MR) is 213 cm³/mol. The maximum absolute atomic E-state index is 13.8. The molecule has 0 aliphatic heterocycles. The number of carboxylic acids is 2. The molecule has 4 aromatic rings. The normalized spacial score (nSPS) is 14.8. The van der Waals surface area contributed by atoms with Crippen LogP contribution in [0.25, 0.3) is 17.2 Å². The Bertz CT molecular complexity index is 2870. The van der Waals surface area contributed by atoms with Gasteiger partial charge in [-0.2, -0.15) is 18.6 Å². The average Bonchev–Trinajstić information content (AvgIpc) is 3.21. The van der Waals surface area contributed by atoms with Gasteiger partial charge in [0.05, 0.1) is 53.4 Å². The molecule has 61 heavy (non-hydrogen) atoms. The summed E-state index contributed by atoms with van der Waals surface area (Å²) in [7, 11) is -2.40. The summed E-state index contributed by atoms with van der Waals surface area (Å²) in [5.74, 6) is -4.40. The number of ether oxygens (including phenoxy) is 2. The number of nitrogens with two attached hydrogens (primary N) is 1. The molecule has 0 saturated heterocycles. The number of hydrazone groups is 2. The molecular formula is C38H27N8NaO13S. The molecule has 6 rings (SSSR count). The zero-order valence-electron chi connectivity index (χ0n) is 31.8. The first-order valence-electron chi connectivity index (χ1n) is 16.8. The topological polar surface area (TPSA) is 327 Å². The predicted octanol–water partition coefficient (Wildman–Crippen LogP) is 1.46. The molecule has 0 spiro atoms. The van der Waals surface area contributed by atoms with Crippen LogP contribution in [0.2, 0.25) is 0 Å². The van der Waals surface area contributed by atoms with Crippen LogP contribution in [0.3, 0.4) is 0 Å². The molecule has 0 saturated carbocycles. The van der Waals surface area contributed by atoms with E-state index in [2.05, 4.69) is 31.3 Å². The summed E-state index contributed by atoms with van der Waals surface area (Å²) in [5, 5.41) is 47.9. The molecule has 0 aromatic heterocycles. The van der Waals surface area contributed by atoms with E-state index in [-0.39, 0.29) is 74.9 Å². The van der Waals surface area contributed by atoms with E-state index in [1.807, 2.05) is 0 Å².